The lowest BCUT2D eigenvalue weighted by Gasteiger charge is -2.31. The van der Waals surface area contributed by atoms with Crippen molar-refractivity contribution in [2.45, 2.75) is 17.4 Å². The molecule has 2 aliphatic carbocycles. The predicted octanol–water partition coefficient (Wildman–Crippen LogP) is 7.93. The molecule has 0 N–H and O–H groups in total. The van der Waals surface area contributed by atoms with E-state index in [-0.39, 0.29) is 6.04 Å². The minimum atomic E-state index is -0.604. The smallest absolute Gasteiger partial charge is 0.108 e. The van der Waals surface area contributed by atoms with Gasteiger partial charge in [0.05, 0.1) is 6.04 Å². The lowest BCUT2D eigenvalue weighted by atomic mass is 9.72. The van der Waals surface area contributed by atoms with Gasteiger partial charge < -0.3 is 4.90 Å². The van der Waals surface area contributed by atoms with Gasteiger partial charge in [0.15, 0.2) is 0 Å². The standard InChI is InChI=1S/C43H29N/c1-3-13-30(14-4-1)25-26-43(33-17-5-2-6-18-33)39-21-11-9-19-35(39)36-24-23-34(29-40(36)43)44-41-22-12-10-20-37(41)38-27-31-15-7-8-16-32(31)28-42(38)44/h1-24,27-29,38,42H. The van der Waals surface area contributed by atoms with E-state index >= 15 is 0 Å². The Kier molecular flexibility index (Phi) is 5.52. The van der Waals surface area contributed by atoms with Gasteiger partial charge in [0.2, 0.25) is 0 Å². The molecule has 0 spiro atoms. The van der Waals surface area contributed by atoms with Crippen molar-refractivity contribution < 1.29 is 0 Å². The van der Waals surface area contributed by atoms with Crippen LogP contribution in [0.4, 0.5) is 11.4 Å². The minimum Gasteiger partial charge on any atom is -0.333 e. The van der Waals surface area contributed by atoms with Crippen LogP contribution in [0.1, 0.15) is 33.7 Å². The molecule has 0 fully saturated rings. The Morgan fingerprint density at radius 2 is 1.20 bits per heavy atom. The molecule has 206 valence electrons. The lowest BCUT2D eigenvalue weighted by molar-refractivity contribution is 0.797. The summed E-state index contributed by atoms with van der Waals surface area (Å²) in [5.74, 6) is 7.75. The Bertz CT molecular complexity index is 2250. The van der Waals surface area contributed by atoms with Crippen LogP contribution in [0.25, 0.3) is 23.3 Å². The first-order valence-electron chi connectivity index (χ1n) is 15.4. The van der Waals surface area contributed by atoms with Gasteiger partial charge in [0.25, 0.3) is 0 Å². The van der Waals surface area contributed by atoms with Crippen LogP contribution in [-0.2, 0) is 5.41 Å². The van der Waals surface area contributed by atoms with Crippen molar-refractivity contribution >= 4 is 23.5 Å². The monoisotopic (exact) mass is 559 g/mol. The first kappa shape index (κ1) is 25.0. The van der Waals surface area contributed by atoms with Crippen LogP contribution in [0.3, 0.4) is 0 Å². The highest BCUT2D eigenvalue weighted by molar-refractivity contribution is 5.89. The van der Waals surface area contributed by atoms with Crippen LogP contribution >= 0.6 is 0 Å². The van der Waals surface area contributed by atoms with E-state index in [9.17, 15) is 0 Å². The zero-order valence-electron chi connectivity index (χ0n) is 24.2. The Morgan fingerprint density at radius 3 is 2.05 bits per heavy atom. The van der Waals surface area contributed by atoms with Gasteiger partial charge in [-0.15, -0.1) is 0 Å². The number of anilines is 2. The van der Waals surface area contributed by atoms with Crippen LogP contribution in [-0.4, -0.2) is 6.04 Å². The topological polar surface area (TPSA) is 3.24 Å². The van der Waals surface area contributed by atoms with Gasteiger partial charge in [-0.25, -0.2) is 0 Å². The van der Waals surface area contributed by atoms with Crippen molar-refractivity contribution in [2.24, 2.45) is 0 Å². The highest BCUT2D eigenvalue weighted by Crippen LogP contribution is 2.55. The van der Waals surface area contributed by atoms with Crippen LogP contribution in [0.15, 0.2) is 152 Å². The van der Waals surface area contributed by atoms with Gasteiger partial charge in [0, 0.05) is 22.9 Å². The average molecular weight is 560 g/mol. The lowest BCUT2D eigenvalue weighted by Crippen LogP contribution is -2.38. The molecule has 9 rings (SSSR count). The molecule has 6 aromatic rings. The summed E-state index contributed by atoms with van der Waals surface area (Å²) < 4.78 is 0. The van der Waals surface area contributed by atoms with Gasteiger partial charge >= 0.3 is 0 Å². The fourth-order valence-electron chi connectivity index (χ4n) is 7.67. The van der Waals surface area contributed by atoms with Crippen molar-refractivity contribution in [3.05, 3.63) is 190 Å². The molecule has 3 aliphatic rings. The van der Waals surface area contributed by atoms with E-state index in [2.05, 4.69) is 174 Å². The SMILES string of the molecule is C(#CC1(c2ccccc2)c2ccccc2-c2ccc(N3c4ccccc4C4C=c5ccccc5=CC43)cc21)c1ccccc1. The van der Waals surface area contributed by atoms with E-state index in [4.69, 9.17) is 0 Å². The summed E-state index contributed by atoms with van der Waals surface area (Å²) in [7, 11) is 0. The fraction of sp³-hybridized carbons (Fsp3) is 0.0698. The summed E-state index contributed by atoms with van der Waals surface area (Å²) in [6.07, 6.45) is 4.92. The number of hydrogen-bond acceptors (Lipinski definition) is 1. The molecule has 1 nitrogen and oxygen atoms in total. The molecule has 44 heavy (non-hydrogen) atoms. The summed E-state index contributed by atoms with van der Waals surface area (Å²) in [5, 5.41) is 2.61. The normalized spacial score (nSPS) is 20.0. The molecule has 0 saturated heterocycles. The van der Waals surface area contributed by atoms with E-state index in [1.807, 2.05) is 6.07 Å². The highest BCUT2D eigenvalue weighted by Gasteiger charge is 2.45. The maximum Gasteiger partial charge on any atom is 0.108 e. The number of benzene rings is 6. The summed E-state index contributed by atoms with van der Waals surface area (Å²) in [5.41, 5.74) is 10.5. The van der Waals surface area contributed by atoms with E-state index in [1.54, 1.807) is 0 Å². The van der Waals surface area contributed by atoms with E-state index in [1.165, 1.54) is 55.2 Å². The third kappa shape index (κ3) is 3.62. The molecular weight excluding hydrogens is 530 g/mol. The van der Waals surface area contributed by atoms with Crippen molar-refractivity contribution in [1.82, 2.24) is 0 Å². The van der Waals surface area contributed by atoms with Gasteiger partial charge in [-0.3, -0.25) is 0 Å². The number of rotatable bonds is 2. The molecule has 1 aliphatic heterocycles. The maximum atomic E-state index is 3.86. The average Bonchev–Trinajstić information content (AvgIpc) is 3.57. The molecule has 6 aromatic carbocycles. The minimum absolute atomic E-state index is 0.200. The van der Waals surface area contributed by atoms with Crippen LogP contribution in [0.2, 0.25) is 0 Å². The molecular formula is C43H29N. The molecule has 0 radical (unpaired) electrons. The van der Waals surface area contributed by atoms with E-state index < -0.39 is 5.41 Å². The Labute approximate surface area is 258 Å². The molecule has 0 aromatic heterocycles. The third-order valence-electron chi connectivity index (χ3n) is 9.61. The van der Waals surface area contributed by atoms with Crippen LogP contribution in [0, 0.1) is 11.8 Å². The molecule has 3 atom stereocenters. The predicted molar refractivity (Wildman–Crippen MR) is 181 cm³/mol. The molecule has 0 saturated carbocycles. The van der Waals surface area contributed by atoms with Gasteiger partial charge in [-0.1, -0.05) is 145 Å². The van der Waals surface area contributed by atoms with E-state index in [0.717, 1.165) is 5.56 Å². The third-order valence-corrected chi connectivity index (χ3v) is 9.61. The molecule has 3 unspecified atom stereocenters. The Hall–Kier alpha value is -5.58. The Balaban J connectivity index is 1.30. The number of nitrogens with zero attached hydrogens (tertiary/aromatic N) is 1. The number of hydrogen-bond donors (Lipinski definition) is 0. The second-order valence-corrected chi connectivity index (χ2v) is 11.9. The quantitative estimate of drug-likeness (QED) is 0.195. The zero-order chi connectivity index (χ0) is 29.1. The van der Waals surface area contributed by atoms with Gasteiger partial charge in [0.1, 0.15) is 5.41 Å². The molecule has 1 heteroatoms. The molecule has 0 bridgehead atoms. The molecule has 0 amide bonds. The fourth-order valence-corrected chi connectivity index (χ4v) is 7.67. The summed E-state index contributed by atoms with van der Waals surface area (Å²) in [4.78, 5) is 2.55. The number of para-hydroxylation sites is 1. The van der Waals surface area contributed by atoms with Crippen molar-refractivity contribution in [3.63, 3.8) is 0 Å². The zero-order valence-corrected chi connectivity index (χ0v) is 24.2. The summed E-state index contributed by atoms with van der Waals surface area (Å²) >= 11 is 0. The van der Waals surface area contributed by atoms with Gasteiger partial charge in [-0.2, -0.15) is 0 Å². The largest absolute Gasteiger partial charge is 0.333 e. The van der Waals surface area contributed by atoms with Crippen LogP contribution in [0.5, 0.6) is 0 Å². The summed E-state index contributed by atoms with van der Waals surface area (Å²) in [6.45, 7) is 0. The highest BCUT2D eigenvalue weighted by atomic mass is 15.2. The van der Waals surface area contributed by atoms with Crippen molar-refractivity contribution in [1.29, 1.82) is 0 Å². The van der Waals surface area contributed by atoms with E-state index in [0.29, 0.717) is 5.92 Å². The second kappa shape index (κ2) is 9.73. The van der Waals surface area contributed by atoms with Crippen LogP contribution < -0.4 is 15.3 Å². The molecule has 1 heterocycles. The first-order chi connectivity index (χ1) is 21.8. The van der Waals surface area contributed by atoms with Crippen molar-refractivity contribution in [3.8, 4) is 23.0 Å². The first-order valence-corrected chi connectivity index (χ1v) is 15.4. The number of fused-ring (bicyclic) bond motifs is 7. The second-order valence-electron chi connectivity index (χ2n) is 11.9. The van der Waals surface area contributed by atoms with Crippen molar-refractivity contribution in [2.75, 3.05) is 4.90 Å². The summed E-state index contributed by atoms with van der Waals surface area (Å²) in [6, 6.07) is 55.0. The Morgan fingerprint density at radius 1 is 0.545 bits per heavy atom. The van der Waals surface area contributed by atoms with Gasteiger partial charge in [-0.05, 0) is 74.1 Å². The maximum absolute atomic E-state index is 3.86.